The van der Waals surface area contributed by atoms with Crippen LogP contribution in [-0.2, 0) is 28.5 Å². The van der Waals surface area contributed by atoms with Crippen molar-refractivity contribution >= 4 is 18.0 Å². The molecular formula is C21H28O12. The molecule has 1 fully saturated rings. The van der Waals surface area contributed by atoms with Gasteiger partial charge in [0, 0.05) is 6.08 Å². The summed E-state index contributed by atoms with van der Waals surface area (Å²) >= 11 is 0. The van der Waals surface area contributed by atoms with Gasteiger partial charge in [-0.1, -0.05) is 12.1 Å². The first-order valence-corrected chi connectivity index (χ1v) is 10.0. The molecule has 1 aromatic rings. The molecule has 0 unspecified atom stereocenters. The van der Waals surface area contributed by atoms with Crippen molar-refractivity contribution in [3.8, 4) is 5.75 Å². The van der Waals surface area contributed by atoms with Crippen molar-refractivity contribution < 1.29 is 59.2 Å². The molecule has 1 heterocycles. The summed E-state index contributed by atoms with van der Waals surface area (Å²) in [7, 11) is 1.11. The molecule has 184 valence electrons. The molecule has 2 rings (SSSR count). The van der Waals surface area contributed by atoms with Gasteiger partial charge >= 0.3 is 11.9 Å². The number of esters is 2. The van der Waals surface area contributed by atoms with Gasteiger partial charge in [-0.15, -0.1) is 0 Å². The number of phenolic OH excluding ortho intramolecular Hbond substituents is 1. The first kappa shape index (κ1) is 26.7. The maximum Gasteiger partial charge on any atom is 0.330 e. The van der Waals surface area contributed by atoms with Crippen molar-refractivity contribution in [2.24, 2.45) is 0 Å². The van der Waals surface area contributed by atoms with E-state index < -0.39 is 74.5 Å². The van der Waals surface area contributed by atoms with Crippen LogP contribution in [0.15, 0.2) is 30.3 Å². The highest BCUT2D eigenvalue weighted by Gasteiger charge is 2.46. The van der Waals surface area contributed by atoms with Gasteiger partial charge in [0.15, 0.2) is 6.29 Å². The van der Waals surface area contributed by atoms with Crippen LogP contribution < -0.4 is 0 Å². The summed E-state index contributed by atoms with van der Waals surface area (Å²) in [6.07, 6.45) is -8.98. The molecule has 0 aliphatic carbocycles. The van der Waals surface area contributed by atoms with Crippen LogP contribution in [0.25, 0.3) is 6.08 Å². The van der Waals surface area contributed by atoms with Crippen molar-refractivity contribution in [1.82, 2.24) is 0 Å². The second-order valence-electron chi connectivity index (χ2n) is 7.27. The Morgan fingerprint density at radius 1 is 1.12 bits per heavy atom. The lowest BCUT2D eigenvalue weighted by atomic mass is 9.99. The SMILES string of the molecule is COC(=O)C[C@H](O[C@@H]1O[C@H](COC(=O)/C=C/c2ccc(O)cc2)[C@@H](O)[C@H](O)[C@H]1O)[C@H](O)CO. The lowest BCUT2D eigenvalue weighted by Gasteiger charge is -2.41. The lowest BCUT2D eigenvalue weighted by Crippen LogP contribution is -2.60. The van der Waals surface area contributed by atoms with E-state index in [4.69, 9.17) is 14.2 Å². The second-order valence-corrected chi connectivity index (χ2v) is 7.27. The molecule has 0 aromatic heterocycles. The molecule has 1 aliphatic rings. The molecule has 33 heavy (non-hydrogen) atoms. The molecule has 0 spiro atoms. The summed E-state index contributed by atoms with van der Waals surface area (Å²) in [5.74, 6) is -1.50. The molecular weight excluding hydrogens is 444 g/mol. The van der Waals surface area contributed by atoms with Gasteiger partial charge in [-0.25, -0.2) is 4.79 Å². The van der Waals surface area contributed by atoms with Gasteiger partial charge in [-0.2, -0.15) is 0 Å². The Kier molecular flexibility index (Phi) is 10.2. The Balaban J connectivity index is 1.99. The highest BCUT2D eigenvalue weighted by molar-refractivity contribution is 5.87. The van der Waals surface area contributed by atoms with E-state index in [1.54, 1.807) is 12.1 Å². The number of hydrogen-bond acceptors (Lipinski definition) is 12. The van der Waals surface area contributed by atoms with E-state index in [2.05, 4.69) is 4.74 Å². The fourth-order valence-corrected chi connectivity index (χ4v) is 2.94. The second kappa shape index (κ2) is 12.6. The fourth-order valence-electron chi connectivity index (χ4n) is 2.94. The van der Waals surface area contributed by atoms with E-state index in [0.29, 0.717) is 5.56 Å². The molecule has 0 bridgehead atoms. The molecule has 0 radical (unpaired) electrons. The monoisotopic (exact) mass is 472 g/mol. The summed E-state index contributed by atoms with van der Waals surface area (Å²) in [6, 6.07) is 6.01. The van der Waals surface area contributed by atoms with Gasteiger partial charge in [0.25, 0.3) is 0 Å². The standard InChI is InChI=1S/C21H28O12/c1-30-17(26)8-14(13(24)9-22)32-21-20(29)19(28)18(27)15(33-21)10-31-16(25)7-4-11-2-5-12(23)6-3-11/h2-7,13-15,18-24,27-29H,8-10H2,1H3/b7-4+/t13-,14+,15-,18-,19+,20-,21-/m1/s1. The first-order chi connectivity index (χ1) is 15.7. The average Bonchev–Trinajstić information content (AvgIpc) is 2.81. The summed E-state index contributed by atoms with van der Waals surface area (Å²) < 4.78 is 20.3. The molecule has 7 atom stereocenters. The topological polar surface area (TPSA) is 192 Å². The minimum atomic E-state index is -1.77. The van der Waals surface area contributed by atoms with Crippen molar-refractivity contribution in [3.63, 3.8) is 0 Å². The molecule has 6 N–H and O–H groups in total. The number of ether oxygens (including phenoxy) is 4. The zero-order valence-electron chi connectivity index (χ0n) is 17.8. The van der Waals surface area contributed by atoms with Gasteiger partial charge in [0.05, 0.1) is 26.2 Å². The third kappa shape index (κ3) is 7.75. The van der Waals surface area contributed by atoms with E-state index in [9.17, 15) is 40.2 Å². The number of aliphatic hydroxyl groups excluding tert-OH is 5. The van der Waals surface area contributed by atoms with Crippen LogP contribution in [0.5, 0.6) is 5.75 Å². The molecule has 1 aromatic carbocycles. The highest BCUT2D eigenvalue weighted by Crippen LogP contribution is 2.25. The number of hydrogen-bond donors (Lipinski definition) is 6. The van der Waals surface area contributed by atoms with Crippen molar-refractivity contribution in [3.05, 3.63) is 35.9 Å². The van der Waals surface area contributed by atoms with E-state index in [0.717, 1.165) is 13.2 Å². The van der Waals surface area contributed by atoms with Crippen LogP contribution in [-0.4, -0.2) is 106 Å². The number of benzene rings is 1. The van der Waals surface area contributed by atoms with Crippen molar-refractivity contribution in [2.45, 2.75) is 49.3 Å². The van der Waals surface area contributed by atoms with Gasteiger partial charge in [-0.3, -0.25) is 4.79 Å². The zero-order valence-corrected chi connectivity index (χ0v) is 17.8. The van der Waals surface area contributed by atoms with Crippen LogP contribution in [0.3, 0.4) is 0 Å². The smallest absolute Gasteiger partial charge is 0.330 e. The summed E-state index contributed by atoms with van der Waals surface area (Å²) in [6.45, 7) is -1.29. The minimum Gasteiger partial charge on any atom is -0.508 e. The fraction of sp³-hybridized carbons (Fsp3) is 0.524. The van der Waals surface area contributed by atoms with Crippen LogP contribution in [0.2, 0.25) is 0 Å². The first-order valence-electron chi connectivity index (χ1n) is 10.0. The molecule has 1 aliphatic heterocycles. The summed E-state index contributed by atoms with van der Waals surface area (Å²) in [5.41, 5.74) is 0.616. The number of carbonyl (C=O) groups is 2. The number of methoxy groups -OCH3 is 1. The minimum absolute atomic E-state index is 0.0658. The van der Waals surface area contributed by atoms with Crippen LogP contribution >= 0.6 is 0 Å². The maximum absolute atomic E-state index is 12.0. The average molecular weight is 472 g/mol. The molecule has 12 heteroatoms. The molecule has 12 nitrogen and oxygen atoms in total. The largest absolute Gasteiger partial charge is 0.508 e. The summed E-state index contributed by atoms with van der Waals surface area (Å²) in [5, 5.41) is 58.8. The maximum atomic E-state index is 12.0. The van der Waals surface area contributed by atoms with Crippen LogP contribution in [0.4, 0.5) is 0 Å². The Bertz CT molecular complexity index is 795. The predicted octanol–water partition coefficient (Wildman–Crippen LogP) is -1.94. The summed E-state index contributed by atoms with van der Waals surface area (Å²) in [4.78, 5) is 23.5. The van der Waals surface area contributed by atoms with Gasteiger partial charge in [-0.05, 0) is 23.8 Å². The third-order valence-electron chi connectivity index (χ3n) is 4.88. The number of phenols is 1. The number of aromatic hydroxyl groups is 1. The number of rotatable bonds is 10. The highest BCUT2D eigenvalue weighted by atomic mass is 16.7. The molecule has 0 amide bonds. The number of aliphatic hydroxyl groups is 5. The van der Waals surface area contributed by atoms with Crippen LogP contribution in [0.1, 0.15) is 12.0 Å². The number of carbonyl (C=O) groups excluding carboxylic acids is 2. The molecule has 1 saturated heterocycles. The Labute approximate surface area is 189 Å². The molecule has 0 saturated carbocycles. The Morgan fingerprint density at radius 3 is 2.39 bits per heavy atom. The van der Waals surface area contributed by atoms with Gasteiger partial charge in [0.2, 0.25) is 0 Å². The van der Waals surface area contributed by atoms with Gasteiger partial charge < -0.3 is 49.6 Å². The van der Waals surface area contributed by atoms with Crippen molar-refractivity contribution in [2.75, 3.05) is 20.3 Å². The van der Waals surface area contributed by atoms with E-state index in [1.165, 1.54) is 18.2 Å². The zero-order chi connectivity index (χ0) is 24.5. The predicted molar refractivity (Wildman–Crippen MR) is 109 cm³/mol. The normalized spacial score (nSPS) is 27.2. The Morgan fingerprint density at radius 2 is 1.79 bits per heavy atom. The Hall–Kier alpha value is -2.58. The quantitative estimate of drug-likeness (QED) is 0.163. The lowest BCUT2D eigenvalue weighted by molar-refractivity contribution is -0.318. The van der Waals surface area contributed by atoms with Crippen molar-refractivity contribution in [1.29, 1.82) is 0 Å². The van der Waals surface area contributed by atoms with Crippen LogP contribution in [0, 0.1) is 0 Å². The van der Waals surface area contributed by atoms with E-state index in [-0.39, 0.29) is 5.75 Å². The van der Waals surface area contributed by atoms with E-state index >= 15 is 0 Å². The van der Waals surface area contributed by atoms with Gasteiger partial charge in [0.1, 0.15) is 42.9 Å². The third-order valence-corrected chi connectivity index (χ3v) is 4.88. The van der Waals surface area contributed by atoms with E-state index in [1.807, 2.05) is 0 Å².